The molecule has 0 spiro atoms. The van der Waals surface area contributed by atoms with Crippen LogP contribution in [0.4, 0.5) is 0 Å². The molecular weight excluding hydrogens is 392 g/mol. The summed E-state index contributed by atoms with van der Waals surface area (Å²) in [4.78, 5) is 16.3. The molecule has 0 saturated carbocycles. The molecule has 0 radical (unpaired) electrons. The molecule has 2 aromatic carbocycles. The van der Waals surface area contributed by atoms with Gasteiger partial charge >= 0.3 is 0 Å². The number of carbonyl (C=O) groups is 1. The van der Waals surface area contributed by atoms with E-state index in [2.05, 4.69) is 55.9 Å². The van der Waals surface area contributed by atoms with Gasteiger partial charge in [-0.15, -0.1) is 0 Å². The largest absolute Gasteiger partial charge is 0.356 e. The van der Waals surface area contributed by atoms with Gasteiger partial charge in [0.05, 0.1) is 6.04 Å². The van der Waals surface area contributed by atoms with E-state index in [0.717, 1.165) is 23.4 Å². The summed E-state index contributed by atoms with van der Waals surface area (Å²) in [7, 11) is 1.75. The minimum atomic E-state index is -0.0577. The highest BCUT2D eigenvalue weighted by Gasteiger charge is 2.07. The maximum atomic E-state index is 12.0. The molecule has 0 aliphatic rings. The number of hydrogen-bond acceptors (Lipinski definition) is 2. The van der Waals surface area contributed by atoms with Crippen molar-refractivity contribution in [2.75, 3.05) is 20.1 Å². The lowest BCUT2D eigenvalue weighted by molar-refractivity contribution is 0.0953. The van der Waals surface area contributed by atoms with Crippen molar-refractivity contribution in [2.24, 2.45) is 4.99 Å². The molecule has 2 aromatic rings. The number of benzene rings is 2. The Labute approximate surface area is 163 Å². The Morgan fingerprint density at radius 3 is 2.35 bits per heavy atom. The average molecular weight is 417 g/mol. The van der Waals surface area contributed by atoms with Gasteiger partial charge in [0.1, 0.15) is 0 Å². The Morgan fingerprint density at radius 1 is 1.04 bits per heavy atom. The Morgan fingerprint density at radius 2 is 1.69 bits per heavy atom. The molecule has 0 bridgehead atoms. The van der Waals surface area contributed by atoms with E-state index in [0.29, 0.717) is 12.1 Å². The van der Waals surface area contributed by atoms with Crippen LogP contribution < -0.4 is 16.0 Å². The fraction of sp³-hybridized carbons (Fsp3) is 0.300. The van der Waals surface area contributed by atoms with Gasteiger partial charge in [-0.25, -0.2) is 0 Å². The van der Waals surface area contributed by atoms with Crippen molar-refractivity contribution in [3.05, 3.63) is 70.2 Å². The minimum absolute atomic E-state index is 0.0577. The molecule has 0 fully saturated rings. The molecule has 0 aliphatic heterocycles. The highest BCUT2D eigenvalue weighted by molar-refractivity contribution is 9.10. The van der Waals surface area contributed by atoms with E-state index in [-0.39, 0.29) is 11.9 Å². The smallest absolute Gasteiger partial charge is 0.251 e. The number of nitrogens with one attached hydrogen (secondary N) is 3. The summed E-state index contributed by atoms with van der Waals surface area (Å²) >= 11 is 3.36. The second-order valence-corrected chi connectivity index (χ2v) is 6.81. The molecule has 5 nitrogen and oxygen atoms in total. The molecule has 0 saturated heterocycles. The lowest BCUT2D eigenvalue weighted by Gasteiger charge is -2.18. The lowest BCUT2D eigenvalue weighted by Crippen LogP contribution is -2.40. The van der Waals surface area contributed by atoms with Gasteiger partial charge in [0, 0.05) is 30.2 Å². The summed E-state index contributed by atoms with van der Waals surface area (Å²) in [5.74, 6) is 0.693. The third-order valence-electron chi connectivity index (χ3n) is 3.91. The third kappa shape index (κ3) is 6.52. The van der Waals surface area contributed by atoms with E-state index in [9.17, 15) is 4.79 Å². The third-order valence-corrected chi connectivity index (χ3v) is 4.44. The van der Waals surface area contributed by atoms with Crippen molar-refractivity contribution < 1.29 is 4.79 Å². The Hall–Kier alpha value is -2.34. The molecule has 1 amide bonds. The quantitative estimate of drug-likeness (QED) is 0.367. The predicted molar refractivity (Wildman–Crippen MR) is 110 cm³/mol. The number of guanidine groups is 1. The van der Waals surface area contributed by atoms with Crippen LogP contribution in [0.1, 0.15) is 35.3 Å². The molecule has 1 unspecified atom stereocenters. The molecule has 26 heavy (non-hydrogen) atoms. The van der Waals surface area contributed by atoms with E-state index < -0.39 is 0 Å². The number of rotatable bonds is 7. The standard InChI is InChI=1S/C20H25BrN4O/c1-15(16-7-4-3-5-8-16)25-20(22-2)24-14-6-13-23-19(26)17-9-11-18(21)12-10-17/h3-5,7-12,15H,6,13-14H2,1-2H3,(H,23,26)(H2,22,24,25). The Bertz CT molecular complexity index is 716. The number of halogens is 1. The van der Waals surface area contributed by atoms with Gasteiger partial charge in [0.25, 0.3) is 5.91 Å². The van der Waals surface area contributed by atoms with Gasteiger partial charge in [-0.3, -0.25) is 9.79 Å². The van der Waals surface area contributed by atoms with Crippen LogP contribution in [0.15, 0.2) is 64.1 Å². The molecule has 138 valence electrons. The van der Waals surface area contributed by atoms with Crippen LogP contribution in [0.2, 0.25) is 0 Å². The normalized spacial score (nSPS) is 12.3. The number of carbonyl (C=O) groups excluding carboxylic acids is 1. The topological polar surface area (TPSA) is 65.5 Å². The molecule has 6 heteroatoms. The second-order valence-electron chi connectivity index (χ2n) is 5.89. The highest BCUT2D eigenvalue weighted by Crippen LogP contribution is 2.11. The first kappa shape index (κ1) is 20.0. The average Bonchev–Trinajstić information content (AvgIpc) is 2.67. The van der Waals surface area contributed by atoms with Crippen molar-refractivity contribution in [1.29, 1.82) is 0 Å². The van der Waals surface area contributed by atoms with E-state index >= 15 is 0 Å². The van der Waals surface area contributed by atoms with E-state index in [1.54, 1.807) is 19.2 Å². The molecule has 0 aromatic heterocycles. The van der Waals surface area contributed by atoms with Crippen LogP contribution in [0.25, 0.3) is 0 Å². The van der Waals surface area contributed by atoms with Gasteiger partial charge in [-0.05, 0) is 43.2 Å². The van der Waals surface area contributed by atoms with Crippen LogP contribution in [-0.2, 0) is 0 Å². The summed E-state index contributed by atoms with van der Waals surface area (Å²) in [5, 5.41) is 9.56. The number of amides is 1. The monoisotopic (exact) mass is 416 g/mol. The highest BCUT2D eigenvalue weighted by atomic mass is 79.9. The SMILES string of the molecule is CN=C(NCCCNC(=O)c1ccc(Br)cc1)NC(C)c1ccccc1. The summed E-state index contributed by atoms with van der Waals surface area (Å²) in [6.07, 6.45) is 0.808. The van der Waals surface area contributed by atoms with Crippen LogP contribution in [0, 0.1) is 0 Å². The zero-order chi connectivity index (χ0) is 18.8. The molecule has 0 aliphatic carbocycles. The van der Waals surface area contributed by atoms with Crippen LogP contribution >= 0.6 is 15.9 Å². The first-order valence-corrected chi connectivity index (χ1v) is 9.45. The Kier molecular flexibility index (Phi) is 8.15. The van der Waals surface area contributed by atoms with Gasteiger partial charge in [-0.2, -0.15) is 0 Å². The van der Waals surface area contributed by atoms with Gasteiger partial charge in [-0.1, -0.05) is 46.3 Å². The summed E-state index contributed by atoms with van der Waals surface area (Å²) in [5.41, 5.74) is 1.87. The fourth-order valence-electron chi connectivity index (χ4n) is 2.43. The first-order chi connectivity index (χ1) is 12.6. The van der Waals surface area contributed by atoms with Gasteiger partial charge in [0.15, 0.2) is 5.96 Å². The molecule has 2 rings (SSSR count). The van der Waals surface area contributed by atoms with E-state index in [4.69, 9.17) is 0 Å². The van der Waals surface area contributed by atoms with Gasteiger partial charge < -0.3 is 16.0 Å². The maximum absolute atomic E-state index is 12.0. The first-order valence-electron chi connectivity index (χ1n) is 8.66. The molecule has 1 atom stereocenters. The van der Waals surface area contributed by atoms with Crippen molar-refractivity contribution in [3.8, 4) is 0 Å². The van der Waals surface area contributed by atoms with Crippen LogP contribution in [0.3, 0.4) is 0 Å². The van der Waals surface area contributed by atoms with Gasteiger partial charge in [0.2, 0.25) is 0 Å². The maximum Gasteiger partial charge on any atom is 0.251 e. The number of nitrogens with zero attached hydrogens (tertiary/aromatic N) is 1. The number of aliphatic imine (C=N–C) groups is 1. The van der Waals surface area contributed by atoms with Crippen molar-refractivity contribution in [2.45, 2.75) is 19.4 Å². The fourth-order valence-corrected chi connectivity index (χ4v) is 2.69. The van der Waals surface area contributed by atoms with E-state index in [1.807, 2.05) is 30.3 Å². The number of hydrogen-bond donors (Lipinski definition) is 3. The van der Waals surface area contributed by atoms with Crippen LogP contribution in [0.5, 0.6) is 0 Å². The Balaban J connectivity index is 1.67. The summed E-state index contributed by atoms with van der Waals surface area (Å²) < 4.78 is 0.960. The van der Waals surface area contributed by atoms with Crippen molar-refractivity contribution >= 4 is 27.8 Å². The zero-order valence-corrected chi connectivity index (χ0v) is 16.7. The summed E-state index contributed by atoms with van der Waals surface area (Å²) in [6.45, 7) is 3.43. The predicted octanol–water partition coefficient (Wildman–Crippen LogP) is 3.50. The minimum Gasteiger partial charge on any atom is -0.356 e. The van der Waals surface area contributed by atoms with Crippen molar-refractivity contribution in [3.63, 3.8) is 0 Å². The van der Waals surface area contributed by atoms with Crippen LogP contribution in [-0.4, -0.2) is 32.0 Å². The summed E-state index contributed by atoms with van der Waals surface area (Å²) in [6, 6.07) is 17.7. The van der Waals surface area contributed by atoms with Crippen molar-refractivity contribution in [1.82, 2.24) is 16.0 Å². The lowest BCUT2D eigenvalue weighted by atomic mass is 10.1. The molecular formula is C20H25BrN4O. The zero-order valence-electron chi connectivity index (χ0n) is 15.1. The molecule has 0 heterocycles. The van der Waals surface area contributed by atoms with E-state index in [1.165, 1.54) is 5.56 Å². The molecule has 3 N–H and O–H groups in total. The second kappa shape index (κ2) is 10.6.